The second-order valence-electron chi connectivity index (χ2n) is 3.34. The predicted octanol–water partition coefficient (Wildman–Crippen LogP) is 3.75. The van der Waals surface area contributed by atoms with Gasteiger partial charge in [0.1, 0.15) is 10.8 Å². The van der Waals surface area contributed by atoms with E-state index < -0.39 is 0 Å². The summed E-state index contributed by atoms with van der Waals surface area (Å²) in [6.07, 6.45) is 4.43. The first-order valence-corrected chi connectivity index (χ1v) is 6.33. The molecule has 0 saturated carbocycles. The Balaban J connectivity index is 2.10. The van der Waals surface area contributed by atoms with E-state index in [1.807, 2.05) is 23.7 Å². The summed E-state index contributed by atoms with van der Waals surface area (Å²) in [6, 6.07) is 3.91. The number of nitrogens with zero attached hydrogens (tertiary/aromatic N) is 2. The average molecular weight is 254 g/mol. The van der Waals surface area contributed by atoms with Gasteiger partial charge in [0.25, 0.3) is 0 Å². The van der Waals surface area contributed by atoms with Crippen molar-refractivity contribution in [2.75, 3.05) is 5.32 Å². The van der Waals surface area contributed by atoms with Crippen molar-refractivity contribution in [3.63, 3.8) is 0 Å². The van der Waals surface area contributed by atoms with Crippen molar-refractivity contribution < 1.29 is 0 Å². The standard InChI is InChI=1S/C11H12ClN3S/c1-2-9(11-13-5-6-16-11)15-10-4-3-8(12)7-14-10/h3-7,9H,2H2,1H3,(H,14,15). The fourth-order valence-electron chi connectivity index (χ4n) is 1.38. The molecule has 84 valence electrons. The number of aromatic nitrogens is 2. The fraction of sp³-hybridized carbons (Fsp3) is 0.273. The van der Waals surface area contributed by atoms with Crippen LogP contribution in [-0.4, -0.2) is 9.97 Å². The van der Waals surface area contributed by atoms with Crippen molar-refractivity contribution in [1.82, 2.24) is 9.97 Å². The molecular weight excluding hydrogens is 242 g/mol. The first-order valence-electron chi connectivity index (χ1n) is 5.07. The van der Waals surface area contributed by atoms with Crippen molar-refractivity contribution in [1.29, 1.82) is 0 Å². The van der Waals surface area contributed by atoms with E-state index in [1.54, 1.807) is 17.5 Å². The van der Waals surface area contributed by atoms with Gasteiger partial charge in [-0.25, -0.2) is 9.97 Å². The summed E-state index contributed by atoms with van der Waals surface area (Å²) in [5, 5.41) is 7.05. The number of pyridine rings is 1. The third kappa shape index (κ3) is 2.71. The van der Waals surface area contributed by atoms with Crippen molar-refractivity contribution in [2.45, 2.75) is 19.4 Å². The van der Waals surface area contributed by atoms with Crippen LogP contribution in [0.3, 0.4) is 0 Å². The molecule has 0 fully saturated rings. The molecule has 1 unspecified atom stereocenters. The summed E-state index contributed by atoms with van der Waals surface area (Å²) in [5.41, 5.74) is 0. The second kappa shape index (κ2) is 5.27. The van der Waals surface area contributed by atoms with Gasteiger partial charge >= 0.3 is 0 Å². The number of anilines is 1. The molecule has 5 heteroatoms. The fourth-order valence-corrected chi connectivity index (χ4v) is 2.27. The van der Waals surface area contributed by atoms with E-state index in [4.69, 9.17) is 11.6 Å². The number of halogens is 1. The van der Waals surface area contributed by atoms with Crippen LogP contribution < -0.4 is 5.32 Å². The summed E-state index contributed by atoms with van der Waals surface area (Å²) in [6.45, 7) is 2.12. The van der Waals surface area contributed by atoms with Gasteiger partial charge in [-0.1, -0.05) is 18.5 Å². The van der Waals surface area contributed by atoms with Gasteiger partial charge in [0.2, 0.25) is 0 Å². The first-order chi connectivity index (χ1) is 7.79. The maximum Gasteiger partial charge on any atom is 0.126 e. The molecule has 0 aromatic carbocycles. The minimum absolute atomic E-state index is 0.216. The van der Waals surface area contributed by atoms with E-state index >= 15 is 0 Å². The van der Waals surface area contributed by atoms with Crippen molar-refractivity contribution in [2.24, 2.45) is 0 Å². The van der Waals surface area contributed by atoms with E-state index in [0.29, 0.717) is 5.02 Å². The van der Waals surface area contributed by atoms with Crippen LogP contribution in [0.4, 0.5) is 5.82 Å². The van der Waals surface area contributed by atoms with Crippen molar-refractivity contribution in [3.8, 4) is 0 Å². The highest BCUT2D eigenvalue weighted by molar-refractivity contribution is 7.09. The lowest BCUT2D eigenvalue weighted by atomic mass is 10.2. The maximum atomic E-state index is 5.78. The molecule has 2 heterocycles. The van der Waals surface area contributed by atoms with Gasteiger partial charge in [0.15, 0.2) is 0 Å². The van der Waals surface area contributed by atoms with Gasteiger partial charge in [-0.15, -0.1) is 11.3 Å². The first kappa shape index (κ1) is 11.4. The Hall–Kier alpha value is -1.13. The van der Waals surface area contributed by atoms with Crippen LogP contribution in [0, 0.1) is 0 Å². The summed E-state index contributed by atoms with van der Waals surface area (Å²) in [4.78, 5) is 8.51. The molecule has 0 aliphatic carbocycles. The molecule has 2 aromatic rings. The molecular formula is C11H12ClN3S. The summed E-state index contributed by atoms with van der Waals surface area (Å²) < 4.78 is 0. The molecule has 0 spiro atoms. The predicted molar refractivity (Wildman–Crippen MR) is 68.0 cm³/mol. The molecule has 0 bridgehead atoms. The highest BCUT2D eigenvalue weighted by atomic mass is 35.5. The smallest absolute Gasteiger partial charge is 0.126 e. The quantitative estimate of drug-likeness (QED) is 0.902. The molecule has 0 saturated heterocycles. The van der Waals surface area contributed by atoms with Crippen molar-refractivity contribution >= 4 is 28.8 Å². The van der Waals surface area contributed by atoms with Crippen LogP contribution in [0.2, 0.25) is 5.02 Å². The SMILES string of the molecule is CCC(Nc1ccc(Cl)cn1)c1nccs1. The molecule has 0 aliphatic heterocycles. The van der Waals surface area contributed by atoms with Gasteiger partial charge in [0, 0.05) is 17.8 Å². The lowest BCUT2D eigenvalue weighted by molar-refractivity contribution is 0.737. The Morgan fingerprint density at radius 1 is 1.44 bits per heavy atom. The molecule has 2 rings (SSSR count). The van der Waals surface area contributed by atoms with Gasteiger partial charge in [-0.3, -0.25) is 0 Å². The Morgan fingerprint density at radius 3 is 2.88 bits per heavy atom. The van der Waals surface area contributed by atoms with Crippen LogP contribution in [0.1, 0.15) is 24.4 Å². The highest BCUT2D eigenvalue weighted by Gasteiger charge is 2.11. The van der Waals surface area contributed by atoms with E-state index in [-0.39, 0.29) is 6.04 Å². The third-order valence-corrected chi connectivity index (χ3v) is 3.32. The average Bonchev–Trinajstić information content (AvgIpc) is 2.82. The lowest BCUT2D eigenvalue weighted by Gasteiger charge is -2.14. The number of rotatable bonds is 4. The molecule has 0 amide bonds. The largest absolute Gasteiger partial charge is 0.361 e. The zero-order valence-electron chi connectivity index (χ0n) is 8.85. The van der Waals surface area contributed by atoms with Crippen LogP contribution >= 0.6 is 22.9 Å². The Bertz CT molecular complexity index is 427. The van der Waals surface area contributed by atoms with Gasteiger partial charge in [-0.2, -0.15) is 0 Å². The molecule has 16 heavy (non-hydrogen) atoms. The Morgan fingerprint density at radius 2 is 2.31 bits per heavy atom. The van der Waals surface area contributed by atoms with E-state index in [2.05, 4.69) is 22.2 Å². The van der Waals surface area contributed by atoms with Crippen LogP contribution in [0.5, 0.6) is 0 Å². The minimum Gasteiger partial charge on any atom is -0.361 e. The monoisotopic (exact) mass is 253 g/mol. The van der Waals surface area contributed by atoms with E-state index in [9.17, 15) is 0 Å². The third-order valence-electron chi connectivity index (χ3n) is 2.21. The van der Waals surface area contributed by atoms with Gasteiger partial charge in [0.05, 0.1) is 11.1 Å². The van der Waals surface area contributed by atoms with Crippen LogP contribution in [0.15, 0.2) is 29.9 Å². The molecule has 1 atom stereocenters. The summed E-state index contributed by atoms with van der Waals surface area (Å²) in [7, 11) is 0. The summed E-state index contributed by atoms with van der Waals surface area (Å²) in [5.74, 6) is 0.825. The topological polar surface area (TPSA) is 37.8 Å². The lowest BCUT2D eigenvalue weighted by Crippen LogP contribution is -2.10. The second-order valence-corrected chi connectivity index (χ2v) is 4.70. The normalized spacial score (nSPS) is 12.4. The van der Waals surface area contributed by atoms with E-state index in [0.717, 1.165) is 17.2 Å². The van der Waals surface area contributed by atoms with Crippen LogP contribution in [-0.2, 0) is 0 Å². The number of hydrogen-bond acceptors (Lipinski definition) is 4. The Kier molecular flexibility index (Phi) is 3.74. The molecule has 2 aromatic heterocycles. The number of hydrogen-bond donors (Lipinski definition) is 1. The van der Waals surface area contributed by atoms with Crippen molar-refractivity contribution in [3.05, 3.63) is 39.9 Å². The Labute approximate surface area is 104 Å². The van der Waals surface area contributed by atoms with Crippen LogP contribution in [0.25, 0.3) is 0 Å². The highest BCUT2D eigenvalue weighted by Crippen LogP contribution is 2.23. The minimum atomic E-state index is 0.216. The molecule has 0 aliphatic rings. The molecule has 1 N–H and O–H groups in total. The molecule has 3 nitrogen and oxygen atoms in total. The zero-order chi connectivity index (χ0) is 11.4. The van der Waals surface area contributed by atoms with Gasteiger partial charge in [-0.05, 0) is 18.6 Å². The maximum absolute atomic E-state index is 5.78. The summed E-state index contributed by atoms with van der Waals surface area (Å²) >= 11 is 7.43. The number of nitrogens with one attached hydrogen (secondary N) is 1. The number of thiazole rings is 1. The van der Waals surface area contributed by atoms with Gasteiger partial charge < -0.3 is 5.32 Å². The zero-order valence-corrected chi connectivity index (χ0v) is 10.4. The molecule has 0 radical (unpaired) electrons. The van der Waals surface area contributed by atoms with E-state index in [1.165, 1.54) is 0 Å².